The lowest BCUT2D eigenvalue weighted by atomic mass is 9.92. The average molecular weight is 322 g/mol. The molecule has 0 bridgehead atoms. The van der Waals surface area contributed by atoms with Crippen LogP contribution >= 0.6 is 15.9 Å². The van der Waals surface area contributed by atoms with Gasteiger partial charge in [0.1, 0.15) is 5.82 Å². The molecule has 19 heavy (non-hydrogen) atoms. The highest BCUT2D eigenvalue weighted by atomic mass is 79.9. The van der Waals surface area contributed by atoms with Gasteiger partial charge in [0.05, 0.1) is 0 Å². The molecule has 0 saturated heterocycles. The maximum absolute atomic E-state index is 13.8. The van der Waals surface area contributed by atoms with Crippen molar-refractivity contribution in [2.75, 3.05) is 0 Å². The van der Waals surface area contributed by atoms with E-state index in [0.29, 0.717) is 12.0 Å². The molecule has 0 fully saturated rings. The first-order valence-electron chi connectivity index (χ1n) is 6.24. The molecule has 0 spiro atoms. The highest BCUT2D eigenvalue weighted by Crippen LogP contribution is 2.25. The van der Waals surface area contributed by atoms with Crippen LogP contribution in [0.15, 0.2) is 40.9 Å². The summed E-state index contributed by atoms with van der Waals surface area (Å²) in [5.41, 5.74) is 10.3. The molecule has 3 heteroatoms. The van der Waals surface area contributed by atoms with E-state index in [1.807, 2.05) is 32.0 Å². The maximum atomic E-state index is 13.8. The first-order valence-corrected chi connectivity index (χ1v) is 7.04. The number of halogens is 2. The van der Waals surface area contributed by atoms with Gasteiger partial charge in [-0.2, -0.15) is 0 Å². The Morgan fingerprint density at radius 1 is 1.16 bits per heavy atom. The van der Waals surface area contributed by atoms with Crippen LogP contribution in [0.3, 0.4) is 0 Å². The van der Waals surface area contributed by atoms with E-state index >= 15 is 0 Å². The minimum atomic E-state index is -0.204. The summed E-state index contributed by atoms with van der Waals surface area (Å²) >= 11 is 3.36. The highest BCUT2D eigenvalue weighted by Gasteiger charge is 2.14. The quantitative estimate of drug-likeness (QED) is 0.888. The van der Waals surface area contributed by atoms with Crippen LogP contribution < -0.4 is 5.73 Å². The molecule has 2 rings (SSSR count). The van der Waals surface area contributed by atoms with E-state index in [1.165, 1.54) is 6.07 Å². The van der Waals surface area contributed by atoms with Gasteiger partial charge in [-0.15, -0.1) is 0 Å². The zero-order valence-electron chi connectivity index (χ0n) is 11.1. The third kappa shape index (κ3) is 3.23. The lowest BCUT2D eigenvalue weighted by Crippen LogP contribution is -2.16. The van der Waals surface area contributed by atoms with Gasteiger partial charge in [-0.1, -0.05) is 34.1 Å². The summed E-state index contributed by atoms with van der Waals surface area (Å²) in [6.07, 6.45) is 0.497. The fourth-order valence-electron chi connectivity index (χ4n) is 2.45. The molecular weight excluding hydrogens is 305 g/mol. The van der Waals surface area contributed by atoms with Gasteiger partial charge in [-0.25, -0.2) is 4.39 Å². The Kier molecular flexibility index (Phi) is 4.38. The van der Waals surface area contributed by atoms with Crippen molar-refractivity contribution >= 4 is 15.9 Å². The summed E-state index contributed by atoms with van der Waals surface area (Å²) in [7, 11) is 0. The van der Waals surface area contributed by atoms with E-state index in [0.717, 1.165) is 21.2 Å². The third-order valence-electron chi connectivity index (χ3n) is 3.36. The van der Waals surface area contributed by atoms with E-state index in [1.54, 1.807) is 12.1 Å². The number of rotatable bonds is 3. The molecule has 1 unspecified atom stereocenters. The first kappa shape index (κ1) is 14.2. The minimum Gasteiger partial charge on any atom is -0.324 e. The zero-order chi connectivity index (χ0) is 14.0. The molecule has 0 saturated carbocycles. The van der Waals surface area contributed by atoms with E-state index in [4.69, 9.17) is 5.73 Å². The molecule has 2 N–H and O–H groups in total. The van der Waals surface area contributed by atoms with E-state index < -0.39 is 0 Å². The fourth-order valence-corrected chi connectivity index (χ4v) is 2.86. The van der Waals surface area contributed by atoms with Crippen LogP contribution in [0.25, 0.3) is 0 Å². The van der Waals surface area contributed by atoms with Gasteiger partial charge in [0.2, 0.25) is 0 Å². The van der Waals surface area contributed by atoms with Gasteiger partial charge in [-0.05, 0) is 60.7 Å². The molecule has 1 nitrogen and oxygen atoms in total. The zero-order valence-corrected chi connectivity index (χ0v) is 12.7. The Morgan fingerprint density at radius 3 is 2.42 bits per heavy atom. The fraction of sp³-hybridized carbons (Fsp3) is 0.250. The van der Waals surface area contributed by atoms with Gasteiger partial charge in [0.15, 0.2) is 0 Å². The summed E-state index contributed by atoms with van der Waals surface area (Å²) in [5.74, 6) is -0.204. The van der Waals surface area contributed by atoms with E-state index in [9.17, 15) is 4.39 Å². The molecule has 0 aliphatic rings. The SMILES string of the molecule is Cc1cccc(C)c1C(N)Cc1cc(Br)ccc1F. The summed E-state index contributed by atoms with van der Waals surface area (Å²) in [5, 5.41) is 0. The first-order chi connectivity index (χ1) is 8.99. The van der Waals surface area contributed by atoms with Crippen molar-refractivity contribution in [1.29, 1.82) is 0 Å². The Morgan fingerprint density at radius 2 is 1.79 bits per heavy atom. The molecule has 0 aromatic heterocycles. The summed E-state index contributed by atoms with van der Waals surface area (Å²) in [6, 6.07) is 10.9. The van der Waals surface area contributed by atoms with Crippen LogP contribution in [-0.2, 0) is 6.42 Å². The number of benzene rings is 2. The van der Waals surface area contributed by atoms with Crippen molar-refractivity contribution in [2.45, 2.75) is 26.3 Å². The van der Waals surface area contributed by atoms with Crippen molar-refractivity contribution < 1.29 is 4.39 Å². The molecule has 0 amide bonds. The molecule has 2 aromatic carbocycles. The second kappa shape index (κ2) is 5.85. The number of hydrogen-bond donors (Lipinski definition) is 1. The predicted molar refractivity (Wildman–Crippen MR) is 80.6 cm³/mol. The standard InChI is InChI=1S/C16H17BrFN/c1-10-4-3-5-11(2)16(10)15(19)9-12-8-13(17)6-7-14(12)18/h3-8,15H,9,19H2,1-2H3. The Labute approximate surface area is 121 Å². The number of nitrogens with two attached hydrogens (primary N) is 1. The van der Waals surface area contributed by atoms with Crippen molar-refractivity contribution in [3.8, 4) is 0 Å². The molecule has 0 radical (unpaired) electrons. The average Bonchev–Trinajstić information content (AvgIpc) is 2.33. The molecule has 2 aromatic rings. The summed E-state index contributed by atoms with van der Waals surface area (Å²) in [4.78, 5) is 0. The second-order valence-corrected chi connectivity index (χ2v) is 5.77. The number of aryl methyl sites for hydroxylation is 2. The van der Waals surface area contributed by atoms with E-state index in [2.05, 4.69) is 15.9 Å². The summed E-state index contributed by atoms with van der Waals surface area (Å²) < 4.78 is 14.6. The molecule has 100 valence electrons. The van der Waals surface area contributed by atoms with Gasteiger partial charge in [0.25, 0.3) is 0 Å². The van der Waals surface area contributed by atoms with Gasteiger partial charge < -0.3 is 5.73 Å². The lowest BCUT2D eigenvalue weighted by molar-refractivity contribution is 0.591. The molecule has 1 atom stereocenters. The van der Waals surface area contributed by atoms with Crippen molar-refractivity contribution in [3.05, 3.63) is 68.9 Å². The topological polar surface area (TPSA) is 26.0 Å². The van der Waals surface area contributed by atoms with Crippen LogP contribution in [-0.4, -0.2) is 0 Å². The van der Waals surface area contributed by atoms with Crippen molar-refractivity contribution in [2.24, 2.45) is 5.73 Å². The Balaban J connectivity index is 2.31. The highest BCUT2D eigenvalue weighted by molar-refractivity contribution is 9.10. The van der Waals surface area contributed by atoms with Crippen LogP contribution in [0.2, 0.25) is 0 Å². The van der Waals surface area contributed by atoms with Gasteiger partial charge in [-0.3, -0.25) is 0 Å². The maximum Gasteiger partial charge on any atom is 0.126 e. The van der Waals surface area contributed by atoms with E-state index in [-0.39, 0.29) is 11.9 Å². The van der Waals surface area contributed by atoms with Crippen molar-refractivity contribution in [3.63, 3.8) is 0 Å². The summed E-state index contributed by atoms with van der Waals surface area (Å²) in [6.45, 7) is 4.08. The van der Waals surface area contributed by atoms with Gasteiger partial charge >= 0.3 is 0 Å². The molecular formula is C16H17BrFN. The second-order valence-electron chi connectivity index (χ2n) is 4.85. The molecule has 0 heterocycles. The van der Waals surface area contributed by atoms with Crippen LogP contribution in [0.1, 0.15) is 28.3 Å². The lowest BCUT2D eigenvalue weighted by Gasteiger charge is -2.18. The van der Waals surface area contributed by atoms with Gasteiger partial charge in [0, 0.05) is 10.5 Å². The van der Waals surface area contributed by atoms with Crippen LogP contribution in [0.5, 0.6) is 0 Å². The van der Waals surface area contributed by atoms with Crippen LogP contribution in [0, 0.1) is 19.7 Å². The van der Waals surface area contributed by atoms with Crippen LogP contribution in [0.4, 0.5) is 4.39 Å². The Hall–Kier alpha value is -1.19. The smallest absolute Gasteiger partial charge is 0.126 e. The molecule has 0 aliphatic heterocycles. The normalized spacial score (nSPS) is 12.5. The Bertz CT molecular complexity index is 575. The largest absolute Gasteiger partial charge is 0.324 e. The third-order valence-corrected chi connectivity index (χ3v) is 3.85. The monoisotopic (exact) mass is 321 g/mol. The minimum absolute atomic E-state index is 0.190. The molecule has 0 aliphatic carbocycles. The predicted octanol–water partition coefficient (Wildman–Crippen LogP) is 4.45. The van der Waals surface area contributed by atoms with Crippen molar-refractivity contribution in [1.82, 2.24) is 0 Å². The number of hydrogen-bond acceptors (Lipinski definition) is 1.